The molecule has 0 spiro atoms. The summed E-state index contributed by atoms with van der Waals surface area (Å²) in [5.41, 5.74) is 1.69. The number of benzene rings is 2. The molecule has 0 atom stereocenters. The molecule has 0 aliphatic heterocycles. The van der Waals surface area contributed by atoms with Gasteiger partial charge in [-0.2, -0.15) is 0 Å². The topological polar surface area (TPSA) is 44.8 Å². The first-order valence-electron chi connectivity index (χ1n) is 7.64. The van der Waals surface area contributed by atoms with Crippen molar-refractivity contribution in [2.24, 2.45) is 0 Å². The summed E-state index contributed by atoms with van der Waals surface area (Å²) in [7, 11) is 1.66. The minimum atomic E-state index is 0.00125. The Hall–Kier alpha value is -2.33. The predicted molar refractivity (Wildman–Crippen MR) is 89.2 cm³/mol. The van der Waals surface area contributed by atoms with Crippen molar-refractivity contribution in [1.29, 1.82) is 0 Å². The van der Waals surface area contributed by atoms with Crippen LogP contribution in [0.5, 0.6) is 11.5 Å². The van der Waals surface area contributed by atoms with Crippen LogP contribution in [0.1, 0.15) is 29.3 Å². The van der Waals surface area contributed by atoms with Crippen molar-refractivity contribution in [3.05, 3.63) is 59.7 Å². The van der Waals surface area contributed by atoms with Crippen molar-refractivity contribution in [3.63, 3.8) is 0 Å². The van der Waals surface area contributed by atoms with Gasteiger partial charge in [0.2, 0.25) is 0 Å². The highest BCUT2D eigenvalue weighted by molar-refractivity contribution is 5.94. The fraction of sp³-hybridized carbons (Fsp3) is 0.316. The van der Waals surface area contributed by atoms with Crippen molar-refractivity contribution in [1.82, 2.24) is 0 Å². The zero-order chi connectivity index (χ0) is 16.5. The van der Waals surface area contributed by atoms with Crippen molar-refractivity contribution < 1.29 is 19.0 Å². The summed E-state index contributed by atoms with van der Waals surface area (Å²) in [4.78, 5) is 11.5. The van der Waals surface area contributed by atoms with Gasteiger partial charge in [0.15, 0.2) is 17.3 Å². The zero-order valence-electron chi connectivity index (χ0n) is 13.6. The van der Waals surface area contributed by atoms with Crippen LogP contribution in [0.4, 0.5) is 0 Å². The monoisotopic (exact) mass is 314 g/mol. The Kier molecular flexibility index (Phi) is 6.63. The lowest BCUT2D eigenvalue weighted by molar-refractivity contribution is 0.101. The standard InChI is InChI=1S/C19H22O4/c1-15(20)17-9-10-18(19(13-17)22-12-6-11-21-2)23-14-16-7-4-3-5-8-16/h3-5,7-10,13H,6,11-12,14H2,1-2H3. The van der Waals surface area contributed by atoms with E-state index >= 15 is 0 Å². The van der Waals surface area contributed by atoms with E-state index in [1.165, 1.54) is 6.92 Å². The van der Waals surface area contributed by atoms with Gasteiger partial charge in [0.05, 0.1) is 6.61 Å². The largest absolute Gasteiger partial charge is 0.490 e. The maximum Gasteiger partial charge on any atom is 0.161 e. The van der Waals surface area contributed by atoms with Gasteiger partial charge in [-0.25, -0.2) is 0 Å². The zero-order valence-corrected chi connectivity index (χ0v) is 13.6. The molecule has 0 aromatic heterocycles. The lowest BCUT2D eigenvalue weighted by atomic mass is 10.1. The van der Waals surface area contributed by atoms with E-state index in [2.05, 4.69) is 0 Å². The van der Waals surface area contributed by atoms with Crippen molar-refractivity contribution in [2.75, 3.05) is 20.3 Å². The highest BCUT2D eigenvalue weighted by Gasteiger charge is 2.09. The van der Waals surface area contributed by atoms with Gasteiger partial charge >= 0.3 is 0 Å². The molecule has 4 nitrogen and oxygen atoms in total. The molecule has 0 saturated heterocycles. The first-order chi connectivity index (χ1) is 11.2. The number of carbonyl (C=O) groups is 1. The molecule has 0 N–H and O–H groups in total. The SMILES string of the molecule is COCCCOc1cc(C(C)=O)ccc1OCc1ccccc1. The van der Waals surface area contributed by atoms with Crippen molar-refractivity contribution in [2.45, 2.75) is 20.0 Å². The second-order valence-corrected chi connectivity index (χ2v) is 5.19. The summed E-state index contributed by atoms with van der Waals surface area (Å²) in [5, 5.41) is 0. The Morgan fingerprint density at radius 1 is 0.957 bits per heavy atom. The fourth-order valence-corrected chi connectivity index (χ4v) is 2.08. The van der Waals surface area contributed by atoms with E-state index in [4.69, 9.17) is 14.2 Å². The molecule has 122 valence electrons. The smallest absolute Gasteiger partial charge is 0.161 e. The summed E-state index contributed by atoms with van der Waals surface area (Å²) in [6.07, 6.45) is 0.777. The highest BCUT2D eigenvalue weighted by Crippen LogP contribution is 2.29. The molecule has 0 aliphatic carbocycles. The molecule has 23 heavy (non-hydrogen) atoms. The maximum absolute atomic E-state index is 11.5. The molecule has 0 unspecified atom stereocenters. The third-order valence-electron chi connectivity index (χ3n) is 3.34. The van der Waals surface area contributed by atoms with Crippen molar-refractivity contribution in [3.8, 4) is 11.5 Å². The number of Topliss-reactive ketones (excluding diaryl/α,β-unsaturated/α-hetero) is 1. The molecule has 0 bridgehead atoms. The van der Waals surface area contributed by atoms with E-state index < -0.39 is 0 Å². The molecule has 2 rings (SSSR count). The summed E-state index contributed by atoms with van der Waals surface area (Å²) in [6, 6.07) is 15.2. The molecular formula is C19H22O4. The van der Waals surface area contributed by atoms with Crippen LogP contribution in [0.15, 0.2) is 48.5 Å². The normalized spacial score (nSPS) is 10.3. The average Bonchev–Trinajstić information content (AvgIpc) is 2.58. The van der Waals surface area contributed by atoms with E-state index in [1.54, 1.807) is 25.3 Å². The number of hydrogen-bond donors (Lipinski definition) is 0. The van der Waals surface area contributed by atoms with Crippen LogP contribution in [-0.4, -0.2) is 26.1 Å². The molecule has 0 amide bonds. The van der Waals surface area contributed by atoms with Crippen molar-refractivity contribution >= 4 is 5.78 Å². The number of methoxy groups -OCH3 is 1. The van der Waals surface area contributed by atoms with Crippen LogP contribution in [0.2, 0.25) is 0 Å². The van der Waals surface area contributed by atoms with Gasteiger partial charge < -0.3 is 14.2 Å². The average molecular weight is 314 g/mol. The number of hydrogen-bond acceptors (Lipinski definition) is 4. The maximum atomic E-state index is 11.5. The van der Waals surface area contributed by atoms with Gasteiger partial charge in [-0.15, -0.1) is 0 Å². The molecule has 0 fully saturated rings. The van der Waals surface area contributed by atoms with Gasteiger partial charge in [-0.05, 0) is 30.7 Å². The third kappa shape index (κ3) is 5.42. The summed E-state index contributed by atoms with van der Waals surface area (Å²) in [5.74, 6) is 1.22. The summed E-state index contributed by atoms with van der Waals surface area (Å²) in [6.45, 7) is 3.13. The van der Waals surface area contributed by atoms with Gasteiger partial charge in [-0.3, -0.25) is 4.79 Å². The third-order valence-corrected chi connectivity index (χ3v) is 3.34. The van der Waals surface area contributed by atoms with Crippen LogP contribution in [0, 0.1) is 0 Å². The van der Waals surface area contributed by atoms with Gasteiger partial charge in [0, 0.05) is 25.7 Å². The van der Waals surface area contributed by atoms with Gasteiger partial charge in [0.1, 0.15) is 6.61 Å². The molecule has 4 heteroatoms. The van der Waals surface area contributed by atoms with E-state index in [0.29, 0.717) is 36.9 Å². The van der Waals surface area contributed by atoms with Crippen LogP contribution < -0.4 is 9.47 Å². The highest BCUT2D eigenvalue weighted by atomic mass is 16.5. The van der Waals surface area contributed by atoms with E-state index in [9.17, 15) is 4.79 Å². The van der Waals surface area contributed by atoms with E-state index in [1.807, 2.05) is 30.3 Å². The minimum Gasteiger partial charge on any atom is -0.490 e. The molecule has 2 aromatic rings. The Bertz CT molecular complexity index is 623. The lowest BCUT2D eigenvalue weighted by Gasteiger charge is -2.14. The second kappa shape index (κ2) is 8.96. The first-order valence-corrected chi connectivity index (χ1v) is 7.64. The quantitative estimate of drug-likeness (QED) is 0.520. The second-order valence-electron chi connectivity index (χ2n) is 5.19. The number of carbonyl (C=O) groups excluding carboxylic acids is 1. The lowest BCUT2D eigenvalue weighted by Crippen LogP contribution is -2.05. The number of ketones is 1. The van der Waals surface area contributed by atoms with Crippen LogP contribution >= 0.6 is 0 Å². The Morgan fingerprint density at radius 2 is 1.74 bits per heavy atom. The van der Waals surface area contributed by atoms with Crippen LogP contribution in [0.25, 0.3) is 0 Å². The van der Waals surface area contributed by atoms with E-state index in [-0.39, 0.29) is 5.78 Å². The molecular weight excluding hydrogens is 292 g/mol. The predicted octanol–water partition coefficient (Wildman–Crippen LogP) is 3.88. The van der Waals surface area contributed by atoms with Crippen LogP contribution in [0.3, 0.4) is 0 Å². The van der Waals surface area contributed by atoms with E-state index in [0.717, 1.165) is 12.0 Å². The molecule has 0 heterocycles. The molecule has 0 radical (unpaired) electrons. The molecule has 0 aliphatic rings. The first kappa shape index (κ1) is 17.0. The van der Waals surface area contributed by atoms with Gasteiger partial charge in [0.25, 0.3) is 0 Å². The minimum absolute atomic E-state index is 0.00125. The Labute approximate surface area is 137 Å². The number of rotatable bonds is 9. The Balaban J connectivity index is 2.07. The summed E-state index contributed by atoms with van der Waals surface area (Å²) >= 11 is 0. The fourth-order valence-electron chi connectivity index (χ4n) is 2.08. The molecule has 0 saturated carbocycles. The molecule has 2 aromatic carbocycles. The van der Waals surface area contributed by atoms with Gasteiger partial charge in [-0.1, -0.05) is 30.3 Å². The Morgan fingerprint density at radius 3 is 2.43 bits per heavy atom. The summed E-state index contributed by atoms with van der Waals surface area (Å²) < 4.78 is 16.6. The number of ether oxygens (including phenoxy) is 3. The van der Waals surface area contributed by atoms with Crippen LogP contribution in [-0.2, 0) is 11.3 Å².